The molecule has 2 aromatic rings. The predicted molar refractivity (Wildman–Crippen MR) is 101 cm³/mol. The maximum Gasteiger partial charge on any atom is 0.281 e. The van der Waals surface area contributed by atoms with E-state index in [-0.39, 0.29) is 25.4 Å². The summed E-state index contributed by atoms with van der Waals surface area (Å²) in [5.41, 5.74) is 0.726. The lowest BCUT2D eigenvalue weighted by Crippen LogP contribution is -2.45. The van der Waals surface area contributed by atoms with E-state index < -0.39 is 15.6 Å². The fourth-order valence-electron chi connectivity index (χ4n) is 3.41. The van der Waals surface area contributed by atoms with Gasteiger partial charge in [-0.1, -0.05) is 35.5 Å². The molecule has 146 valence electrons. The first-order valence-electron chi connectivity index (χ1n) is 8.69. The van der Waals surface area contributed by atoms with Gasteiger partial charge in [-0.05, 0) is 6.42 Å². The van der Waals surface area contributed by atoms with Crippen LogP contribution in [0, 0.1) is 5.41 Å². The quantitative estimate of drug-likeness (QED) is 0.795. The van der Waals surface area contributed by atoms with Crippen molar-refractivity contribution in [2.75, 3.05) is 34.2 Å². The highest BCUT2D eigenvalue weighted by molar-refractivity contribution is 7.86. The zero-order valence-electron chi connectivity index (χ0n) is 15.7. The number of carbonyl (C=O) groups is 1. The van der Waals surface area contributed by atoms with Crippen LogP contribution >= 0.6 is 0 Å². The van der Waals surface area contributed by atoms with Crippen LogP contribution in [-0.2, 0) is 21.4 Å². The second-order valence-corrected chi connectivity index (χ2v) is 9.10. The van der Waals surface area contributed by atoms with E-state index in [1.165, 1.54) is 18.4 Å². The molecule has 9 heteroatoms. The fraction of sp³-hybridized carbons (Fsp3) is 0.444. The Balaban J connectivity index is 1.85. The van der Waals surface area contributed by atoms with Gasteiger partial charge in [-0.15, -0.1) is 0 Å². The van der Waals surface area contributed by atoms with Crippen molar-refractivity contribution in [1.82, 2.24) is 19.1 Å². The summed E-state index contributed by atoms with van der Waals surface area (Å²) >= 11 is 0. The van der Waals surface area contributed by atoms with Gasteiger partial charge in [0, 0.05) is 52.3 Å². The molecule has 1 fully saturated rings. The molecule has 1 N–H and O–H groups in total. The van der Waals surface area contributed by atoms with Crippen LogP contribution in [0.5, 0.6) is 0 Å². The maximum atomic E-state index is 12.7. The lowest BCUT2D eigenvalue weighted by atomic mass is 9.81. The minimum absolute atomic E-state index is 0.106. The Morgan fingerprint density at radius 3 is 2.67 bits per heavy atom. The maximum absolute atomic E-state index is 12.7. The normalized spacial score (nSPS) is 20.9. The van der Waals surface area contributed by atoms with Crippen LogP contribution in [-0.4, -0.2) is 62.3 Å². The lowest BCUT2D eigenvalue weighted by molar-refractivity contribution is -0.130. The first kappa shape index (κ1) is 19.5. The van der Waals surface area contributed by atoms with Gasteiger partial charge in [0.1, 0.15) is 11.5 Å². The van der Waals surface area contributed by atoms with Gasteiger partial charge in [-0.2, -0.15) is 17.0 Å². The summed E-state index contributed by atoms with van der Waals surface area (Å²) in [7, 11) is 0.947. The van der Waals surface area contributed by atoms with Crippen LogP contribution in [0.3, 0.4) is 0 Å². The van der Waals surface area contributed by atoms with Gasteiger partial charge in [0.05, 0.1) is 5.41 Å². The molecule has 1 saturated heterocycles. The summed E-state index contributed by atoms with van der Waals surface area (Å²) in [6, 6.07) is 11.4. The van der Waals surface area contributed by atoms with E-state index in [0.29, 0.717) is 17.9 Å². The van der Waals surface area contributed by atoms with Gasteiger partial charge < -0.3 is 9.84 Å². The molecule has 2 heterocycles. The second-order valence-electron chi connectivity index (χ2n) is 6.95. The average molecular weight is 392 g/mol. The van der Waals surface area contributed by atoms with E-state index in [1.807, 2.05) is 36.4 Å². The summed E-state index contributed by atoms with van der Waals surface area (Å²) < 4.78 is 32.9. The van der Waals surface area contributed by atoms with Crippen molar-refractivity contribution in [2.24, 2.45) is 5.41 Å². The summed E-state index contributed by atoms with van der Waals surface area (Å²) in [5, 5.41) is 6.77. The third-order valence-electron chi connectivity index (χ3n) is 4.96. The fourth-order valence-corrected chi connectivity index (χ4v) is 4.61. The highest BCUT2D eigenvalue weighted by Crippen LogP contribution is 2.37. The van der Waals surface area contributed by atoms with E-state index in [2.05, 4.69) is 10.5 Å². The number of amides is 1. The topological polar surface area (TPSA) is 95.7 Å². The van der Waals surface area contributed by atoms with Crippen molar-refractivity contribution in [3.8, 4) is 11.3 Å². The van der Waals surface area contributed by atoms with Gasteiger partial charge in [-0.3, -0.25) is 4.79 Å². The molecule has 0 spiro atoms. The number of hydrogen-bond donors (Lipinski definition) is 1. The lowest BCUT2D eigenvalue weighted by Gasteiger charge is -2.27. The van der Waals surface area contributed by atoms with Crippen LogP contribution in [0.4, 0.5) is 0 Å². The number of nitrogens with zero attached hydrogens (tertiary/aromatic N) is 3. The molecule has 1 aliphatic heterocycles. The van der Waals surface area contributed by atoms with Gasteiger partial charge in [0.25, 0.3) is 10.2 Å². The molecule has 1 atom stereocenters. The smallest absolute Gasteiger partial charge is 0.281 e. The third-order valence-corrected chi connectivity index (χ3v) is 6.84. The Labute approximate surface area is 159 Å². The van der Waals surface area contributed by atoms with E-state index in [9.17, 15) is 13.2 Å². The summed E-state index contributed by atoms with van der Waals surface area (Å²) in [4.78, 5) is 12.7. The SMILES string of the molecule is CNC(=O)C1(Cc2cc(-c3ccccc3)no2)CCN(S(=O)(=O)N(C)C)C1. The van der Waals surface area contributed by atoms with E-state index in [1.54, 1.807) is 7.05 Å². The summed E-state index contributed by atoms with van der Waals surface area (Å²) in [6.45, 7) is 0.391. The standard InChI is InChI=1S/C18H24N4O4S/c1-19-17(23)18(9-10-22(13-18)27(24,25)21(2)3)12-15-11-16(20-26-15)14-7-5-4-6-8-14/h4-8,11H,9-10,12-13H2,1-3H3,(H,19,23). The Morgan fingerprint density at radius 1 is 1.33 bits per heavy atom. The monoisotopic (exact) mass is 392 g/mol. The van der Waals surface area contributed by atoms with Gasteiger partial charge in [0.15, 0.2) is 0 Å². The van der Waals surface area contributed by atoms with Crippen molar-refractivity contribution in [1.29, 1.82) is 0 Å². The zero-order chi connectivity index (χ0) is 19.7. The molecule has 27 heavy (non-hydrogen) atoms. The third kappa shape index (κ3) is 3.76. The van der Waals surface area contributed by atoms with Crippen LogP contribution in [0.15, 0.2) is 40.9 Å². The minimum Gasteiger partial charge on any atom is -0.361 e. The first-order valence-corrected chi connectivity index (χ1v) is 10.1. The van der Waals surface area contributed by atoms with Crippen LogP contribution < -0.4 is 5.32 Å². The molecule has 8 nitrogen and oxygen atoms in total. The Hall–Kier alpha value is -2.23. The van der Waals surface area contributed by atoms with Crippen molar-refractivity contribution in [3.05, 3.63) is 42.2 Å². The van der Waals surface area contributed by atoms with Crippen LogP contribution in [0.1, 0.15) is 12.2 Å². The van der Waals surface area contributed by atoms with Gasteiger partial charge in [0.2, 0.25) is 5.91 Å². The molecule has 1 aliphatic rings. The highest BCUT2D eigenvalue weighted by Gasteiger charge is 2.48. The molecular formula is C18H24N4O4S. The molecule has 1 aromatic heterocycles. The van der Waals surface area contributed by atoms with Gasteiger partial charge in [-0.25, -0.2) is 0 Å². The van der Waals surface area contributed by atoms with E-state index >= 15 is 0 Å². The number of nitrogens with one attached hydrogen (secondary N) is 1. The average Bonchev–Trinajstić information content (AvgIpc) is 3.30. The van der Waals surface area contributed by atoms with Crippen molar-refractivity contribution >= 4 is 16.1 Å². The van der Waals surface area contributed by atoms with Crippen molar-refractivity contribution in [3.63, 3.8) is 0 Å². The Morgan fingerprint density at radius 2 is 2.04 bits per heavy atom. The number of hydrogen-bond acceptors (Lipinski definition) is 5. The number of aromatic nitrogens is 1. The molecule has 0 radical (unpaired) electrons. The number of rotatable bonds is 6. The molecular weight excluding hydrogens is 368 g/mol. The molecule has 0 bridgehead atoms. The van der Waals surface area contributed by atoms with E-state index in [4.69, 9.17) is 4.52 Å². The second kappa shape index (κ2) is 7.41. The highest BCUT2D eigenvalue weighted by atomic mass is 32.2. The zero-order valence-corrected chi connectivity index (χ0v) is 16.5. The molecule has 0 aliphatic carbocycles. The molecule has 1 amide bonds. The first-order chi connectivity index (χ1) is 12.8. The van der Waals surface area contributed by atoms with Crippen LogP contribution in [0.2, 0.25) is 0 Å². The predicted octanol–water partition coefficient (Wildman–Crippen LogP) is 1.13. The molecule has 1 aromatic carbocycles. The number of carbonyl (C=O) groups excluding carboxylic acids is 1. The summed E-state index contributed by atoms with van der Waals surface area (Å²) in [5.74, 6) is 0.359. The molecule has 0 saturated carbocycles. The van der Waals surface area contributed by atoms with Crippen molar-refractivity contribution < 1.29 is 17.7 Å². The molecule has 3 rings (SSSR count). The molecule has 1 unspecified atom stereocenters. The van der Waals surface area contributed by atoms with E-state index in [0.717, 1.165) is 9.87 Å². The van der Waals surface area contributed by atoms with Gasteiger partial charge >= 0.3 is 0 Å². The Bertz CT molecular complexity index is 910. The Kier molecular flexibility index (Phi) is 5.36. The van der Waals surface area contributed by atoms with Crippen LogP contribution in [0.25, 0.3) is 11.3 Å². The number of benzene rings is 1. The van der Waals surface area contributed by atoms with Crippen molar-refractivity contribution in [2.45, 2.75) is 12.8 Å². The summed E-state index contributed by atoms with van der Waals surface area (Å²) in [6.07, 6.45) is 0.701. The largest absolute Gasteiger partial charge is 0.361 e. The minimum atomic E-state index is -3.58.